The van der Waals surface area contributed by atoms with Gasteiger partial charge in [0.25, 0.3) is 11.8 Å². The molecule has 8 heteroatoms. The fourth-order valence-corrected chi connectivity index (χ4v) is 3.59. The summed E-state index contributed by atoms with van der Waals surface area (Å²) in [6.45, 7) is 0.470. The second-order valence-electron chi connectivity index (χ2n) is 7.10. The minimum atomic E-state index is -0.300. The molecule has 0 saturated heterocycles. The fraction of sp³-hybridized carbons (Fsp3) is 0.130. The van der Waals surface area contributed by atoms with Crippen molar-refractivity contribution in [2.24, 2.45) is 0 Å². The van der Waals surface area contributed by atoms with Gasteiger partial charge in [-0.05, 0) is 54.1 Å². The second kappa shape index (κ2) is 7.85. The van der Waals surface area contributed by atoms with Gasteiger partial charge in [-0.1, -0.05) is 23.7 Å². The van der Waals surface area contributed by atoms with Crippen molar-refractivity contribution in [2.45, 2.75) is 6.54 Å². The normalized spacial score (nSPS) is 14.1. The van der Waals surface area contributed by atoms with E-state index in [1.54, 1.807) is 53.4 Å². The van der Waals surface area contributed by atoms with Crippen molar-refractivity contribution in [3.05, 3.63) is 76.8 Å². The van der Waals surface area contributed by atoms with Crippen LogP contribution in [0.25, 0.3) is 0 Å². The monoisotopic (exact) mass is 436 g/mol. The Morgan fingerprint density at radius 3 is 2.55 bits per heavy atom. The van der Waals surface area contributed by atoms with Crippen LogP contribution in [0.3, 0.4) is 0 Å². The van der Waals surface area contributed by atoms with E-state index in [1.807, 2.05) is 12.1 Å². The highest BCUT2D eigenvalue weighted by Gasteiger charge is 2.26. The van der Waals surface area contributed by atoms with Gasteiger partial charge in [0.05, 0.1) is 12.2 Å². The van der Waals surface area contributed by atoms with Crippen LogP contribution >= 0.6 is 11.6 Å². The minimum Gasteiger partial charge on any atom is -0.482 e. The predicted octanol–water partition coefficient (Wildman–Crippen LogP) is 4.25. The van der Waals surface area contributed by atoms with Gasteiger partial charge in [0, 0.05) is 16.3 Å². The molecule has 1 N–H and O–H groups in total. The van der Waals surface area contributed by atoms with Crippen LogP contribution in [0.2, 0.25) is 5.02 Å². The van der Waals surface area contributed by atoms with Crippen molar-refractivity contribution in [1.82, 2.24) is 0 Å². The lowest BCUT2D eigenvalue weighted by Crippen LogP contribution is -2.38. The topological polar surface area (TPSA) is 77.1 Å². The SMILES string of the molecule is O=C(Nc1ccc2c(c1)N(Cc1ccc(Cl)cc1)C(=O)CO2)c1ccc2c(c1)OCO2. The average molecular weight is 437 g/mol. The van der Waals surface area contributed by atoms with Crippen molar-refractivity contribution in [3.63, 3.8) is 0 Å². The van der Waals surface area contributed by atoms with Crippen molar-refractivity contribution >= 4 is 34.8 Å². The molecule has 3 aromatic carbocycles. The van der Waals surface area contributed by atoms with Crippen LogP contribution in [0.4, 0.5) is 11.4 Å². The molecular formula is C23H17ClN2O5. The summed E-state index contributed by atoms with van der Waals surface area (Å²) in [5.74, 6) is 1.26. The van der Waals surface area contributed by atoms with Gasteiger partial charge in [-0.25, -0.2) is 0 Å². The molecule has 2 heterocycles. The first-order chi connectivity index (χ1) is 15.1. The van der Waals surface area contributed by atoms with E-state index in [2.05, 4.69) is 5.32 Å². The zero-order chi connectivity index (χ0) is 21.4. The third-order valence-electron chi connectivity index (χ3n) is 5.05. The summed E-state index contributed by atoms with van der Waals surface area (Å²) in [5, 5.41) is 3.49. The number of benzene rings is 3. The lowest BCUT2D eigenvalue weighted by atomic mass is 10.1. The molecule has 2 amide bonds. The summed E-state index contributed by atoms with van der Waals surface area (Å²) >= 11 is 5.96. The van der Waals surface area contributed by atoms with E-state index in [0.717, 1.165) is 5.56 Å². The summed E-state index contributed by atoms with van der Waals surface area (Å²) in [6, 6.07) is 17.5. The number of carbonyl (C=O) groups is 2. The maximum atomic E-state index is 12.7. The van der Waals surface area contributed by atoms with Crippen LogP contribution in [0, 0.1) is 0 Å². The molecule has 0 atom stereocenters. The van der Waals surface area contributed by atoms with E-state index < -0.39 is 0 Å². The first-order valence-electron chi connectivity index (χ1n) is 9.59. The molecule has 2 aliphatic rings. The minimum absolute atomic E-state index is 0.0382. The highest BCUT2D eigenvalue weighted by molar-refractivity contribution is 6.30. The van der Waals surface area contributed by atoms with Gasteiger partial charge in [-0.3, -0.25) is 9.59 Å². The Balaban J connectivity index is 1.39. The lowest BCUT2D eigenvalue weighted by molar-refractivity contribution is -0.121. The van der Waals surface area contributed by atoms with Crippen LogP contribution in [-0.2, 0) is 11.3 Å². The number of hydrogen-bond donors (Lipinski definition) is 1. The van der Waals surface area contributed by atoms with E-state index >= 15 is 0 Å². The van der Waals surface area contributed by atoms with Gasteiger partial charge < -0.3 is 24.4 Å². The number of fused-ring (bicyclic) bond motifs is 2. The maximum Gasteiger partial charge on any atom is 0.265 e. The molecule has 2 aliphatic heterocycles. The third kappa shape index (κ3) is 3.87. The molecular weight excluding hydrogens is 420 g/mol. The molecule has 0 bridgehead atoms. The Morgan fingerprint density at radius 2 is 1.71 bits per heavy atom. The number of nitrogens with zero attached hydrogens (tertiary/aromatic N) is 1. The molecule has 0 fully saturated rings. The maximum absolute atomic E-state index is 12.7. The van der Waals surface area contributed by atoms with Crippen LogP contribution < -0.4 is 24.4 Å². The molecule has 156 valence electrons. The average Bonchev–Trinajstić information content (AvgIpc) is 3.25. The number of carbonyl (C=O) groups excluding carboxylic acids is 2. The van der Waals surface area contributed by atoms with Crippen molar-refractivity contribution in [3.8, 4) is 17.2 Å². The van der Waals surface area contributed by atoms with Crippen molar-refractivity contribution in [2.75, 3.05) is 23.6 Å². The van der Waals surface area contributed by atoms with Crippen LogP contribution in [0.5, 0.6) is 17.2 Å². The Kier molecular flexibility index (Phi) is 4.88. The van der Waals surface area contributed by atoms with Crippen LogP contribution in [0.15, 0.2) is 60.7 Å². The smallest absolute Gasteiger partial charge is 0.265 e. The summed E-state index contributed by atoms with van der Waals surface area (Å²) in [7, 11) is 0. The molecule has 31 heavy (non-hydrogen) atoms. The molecule has 0 radical (unpaired) electrons. The van der Waals surface area contributed by atoms with Crippen molar-refractivity contribution < 1.29 is 23.8 Å². The molecule has 0 aromatic heterocycles. The molecule has 7 nitrogen and oxygen atoms in total. The number of hydrogen-bond acceptors (Lipinski definition) is 5. The largest absolute Gasteiger partial charge is 0.482 e. The van der Waals surface area contributed by atoms with E-state index in [-0.39, 0.29) is 25.2 Å². The molecule has 5 rings (SSSR count). The van der Waals surface area contributed by atoms with Crippen molar-refractivity contribution in [1.29, 1.82) is 0 Å². The Labute approximate surface area is 183 Å². The first kappa shape index (κ1) is 19.3. The quantitative estimate of drug-likeness (QED) is 0.661. The van der Waals surface area contributed by atoms with E-state index in [1.165, 1.54) is 0 Å². The van der Waals surface area contributed by atoms with Gasteiger partial charge in [-0.15, -0.1) is 0 Å². The predicted molar refractivity (Wildman–Crippen MR) is 115 cm³/mol. The summed E-state index contributed by atoms with van der Waals surface area (Å²) in [4.78, 5) is 26.9. The number of anilines is 2. The molecule has 0 aliphatic carbocycles. The van der Waals surface area contributed by atoms with Gasteiger partial charge >= 0.3 is 0 Å². The van der Waals surface area contributed by atoms with Gasteiger partial charge in [0.15, 0.2) is 18.1 Å². The second-order valence-corrected chi connectivity index (χ2v) is 7.54. The number of amides is 2. The Morgan fingerprint density at radius 1 is 0.935 bits per heavy atom. The van der Waals surface area contributed by atoms with Gasteiger partial charge in [0.1, 0.15) is 5.75 Å². The Hall–Kier alpha value is -3.71. The lowest BCUT2D eigenvalue weighted by Gasteiger charge is -2.30. The summed E-state index contributed by atoms with van der Waals surface area (Å²) in [6.07, 6.45) is 0. The zero-order valence-corrected chi connectivity index (χ0v) is 17.0. The number of ether oxygens (including phenoxy) is 3. The molecule has 0 unspecified atom stereocenters. The Bertz CT molecular complexity index is 1180. The third-order valence-corrected chi connectivity index (χ3v) is 5.30. The highest BCUT2D eigenvalue weighted by Crippen LogP contribution is 2.36. The van der Waals surface area contributed by atoms with E-state index in [4.69, 9.17) is 25.8 Å². The fourth-order valence-electron chi connectivity index (χ4n) is 3.47. The van der Waals surface area contributed by atoms with E-state index in [0.29, 0.717) is 45.8 Å². The number of rotatable bonds is 4. The molecule has 0 spiro atoms. The van der Waals surface area contributed by atoms with E-state index in [9.17, 15) is 9.59 Å². The van der Waals surface area contributed by atoms with Gasteiger partial charge in [0.2, 0.25) is 6.79 Å². The van der Waals surface area contributed by atoms with Crippen LogP contribution in [-0.4, -0.2) is 25.2 Å². The number of nitrogens with one attached hydrogen (secondary N) is 1. The first-order valence-corrected chi connectivity index (χ1v) is 9.97. The molecule has 0 saturated carbocycles. The van der Waals surface area contributed by atoms with Crippen LogP contribution in [0.1, 0.15) is 15.9 Å². The molecule has 3 aromatic rings. The van der Waals surface area contributed by atoms with Gasteiger partial charge in [-0.2, -0.15) is 0 Å². The summed E-state index contributed by atoms with van der Waals surface area (Å²) in [5.41, 5.74) is 2.50. The number of halogens is 1. The highest BCUT2D eigenvalue weighted by atomic mass is 35.5. The zero-order valence-electron chi connectivity index (χ0n) is 16.3. The summed E-state index contributed by atoms with van der Waals surface area (Å²) < 4.78 is 16.2. The standard InChI is InChI=1S/C23H17ClN2O5/c24-16-4-1-14(2-5-16)11-26-18-10-17(6-8-19(18)29-12-22(26)27)25-23(28)15-3-7-20-21(9-15)31-13-30-20/h1-10H,11-13H2,(H,25,28).